The minimum atomic E-state index is -1.49. The number of aliphatic hydroxyl groups is 1. The Bertz CT molecular complexity index is 448. The number of hydrogen-bond donors (Lipinski definition) is 1. The van der Waals surface area contributed by atoms with Crippen LogP contribution >= 0.6 is 0 Å². The Labute approximate surface area is 95.8 Å². The molecule has 0 spiro atoms. The zero-order chi connectivity index (χ0) is 13.0. The SMILES string of the molecule is COC(=O)C(O)Cc1ccc([N+](=O)[O-])cc1F. The zero-order valence-corrected chi connectivity index (χ0v) is 8.92. The van der Waals surface area contributed by atoms with Crippen LogP contribution in [0.2, 0.25) is 0 Å². The molecule has 0 fully saturated rings. The molecule has 1 rings (SSSR count). The maximum atomic E-state index is 13.4. The van der Waals surface area contributed by atoms with Crippen molar-refractivity contribution in [3.63, 3.8) is 0 Å². The summed E-state index contributed by atoms with van der Waals surface area (Å²) in [6, 6.07) is 2.99. The van der Waals surface area contributed by atoms with Gasteiger partial charge in [-0.2, -0.15) is 0 Å². The summed E-state index contributed by atoms with van der Waals surface area (Å²) in [6.07, 6.45) is -1.78. The number of methoxy groups -OCH3 is 1. The van der Waals surface area contributed by atoms with E-state index in [2.05, 4.69) is 4.74 Å². The lowest BCUT2D eigenvalue weighted by Crippen LogP contribution is -2.24. The predicted octanol–water partition coefficient (Wildman–Crippen LogP) is 0.810. The second-order valence-corrected chi connectivity index (χ2v) is 3.28. The summed E-state index contributed by atoms with van der Waals surface area (Å²) < 4.78 is 17.6. The highest BCUT2D eigenvalue weighted by Gasteiger charge is 2.19. The molecule has 0 aromatic heterocycles. The van der Waals surface area contributed by atoms with Crippen molar-refractivity contribution in [1.29, 1.82) is 0 Å². The molecule has 7 heteroatoms. The summed E-state index contributed by atoms with van der Waals surface area (Å²) in [6.45, 7) is 0. The Morgan fingerprint density at radius 1 is 1.65 bits per heavy atom. The fourth-order valence-corrected chi connectivity index (χ4v) is 1.24. The fourth-order valence-electron chi connectivity index (χ4n) is 1.24. The number of esters is 1. The second-order valence-electron chi connectivity index (χ2n) is 3.28. The van der Waals surface area contributed by atoms with Gasteiger partial charge in [-0.1, -0.05) is 0 Å². The van der Waals surface area contributed by atoms with Gasteiger partial charge >= 0.3 is 5.97 Å². The van der Waals surface area contributed by atoms with Crippen molar-refractivity contribution in [3.8, 4) is 0 Å². The Morgan fingerprint density at radius 2 is 2.29 bits per heavy atom. The first-order valence-corrected chi connectivity index (χ1v) is 4.64. The largest absolute Gasteiger partial charge is 0.467 e. The molecular weight excluding hydrogens is 233 g/mol. The zero-order valence-electron chi connectivity index (χ0n) is 8.92. The molecule has 17 heavy (non-hydrogen) atoms. The van der Waals surface area contributed by atoms with Gasteiger partial charge in [0.15, 0.2) is 6.10 Å². The van der Waals surface area contributed by atoms with Gasteiger partial charge in [0, 0.05) is 12.5 Å². The molecule has 0 aliphatic carbocycles. The molecule has 0 amide bonds. The Morgan fingerprint density at radius 3 is 2.76 bits per heavy atom. The first-order valence-electron chi connectivity index (χ1n) is 4.64. The molecule has 0 bridgehead atoms. The highest BCUT2D eigenvalue weighted by molar-refractivity contribution is 5.74. The van der Waals surface area contributed by atoms with Gasteiger partial charge in [-0.3, -0.25) is 10.1 Å². The van der Waals surface area contributed by atoms with E-state index in [-0.39, 0.29) is 17.7 Å². The number of halogens is 1. The number of nitrogens with zero attached hydrogens (tertiary/aromatic N) is 1. The number of rotatable bonds is 4. The smallest absolute Gasteiger partial charge is 0.335 e. The third-order valence-electron chi connectivity index (χ3n) is 2.13. The fraction of sp³-hybridized carbons (Fsp3) is 0.300. The van der Waals surface area contributed by atoms with Gasteiger partial charge in [0.25, 0.3) is 5.69 Å². The van der Waals surface area contributed by atoms with E-state index in [1.165, 1.54) is 0 Å². The molecule has 0 aliphatic rings. The van der Waals surface area contributed by atoms with Crippen molar-refractivity contribution in [1.82, 2.24) is 0 Å². The van der Waals surface area contributed by atoms with Crippen LogP contribution in [0.15, 0.2) is 18.2 Å². The minimum absolute atomic E-state index is 0.00787. The topological polar surface area (TPSA) is 89.7 Å². The Kier molecular flexibility index (Phi) is 4.11. The molecule has 1 N–H and O–H groups in total. The van der Waals surface area contributed by atoms with Gasteiger partial charge in [-0.05, 0) is 11.6 Å². The number of nitro benzene ring substituents is 1. The van der Waals surface area contributed by atoms with Crippen LogP contribution in [0.5, 0.6) is 0 Å². The first-order chi connectivity index (χ1) is 7.95. The van der Waals surface area contributed by atoms with Crippen molar-refractivity contribution >= 4 is 11.7 Å². The van der Waals surface area contributed by atoms with Crippen LogP contribution in [0.4, 0.5) is 10.1 Å². The van der Waals surface area contributed by atoms with E-state index in [1.807, 2.05) is 0 Å². The highest BCUT2D eigenvalue weighted by Crippen LogP contribution is 2.17. The summed E-state index contributed by atoms with van der Waals surface area (Å²) in [4.78, 5) is 20.5. The van der Waals surface area contributed by atoms with E-state index in [1.54, 1.807) is 0 Å². The van der Waals surface area contributed by atoms with Crippen LogP contribution in [0.1, 0.15) is 5.56 Å². The maximum Gasteiger partial charge on any atom is 0.335 e. The molecule has 92 valence electrons. The van der Waals surface area contributed by atoms with Crippen molar-refractivity contribution in [2.24, 2.45) is 0 Å². The van der Waals surface area contributed by atoms with E-state index >= 15 is 0 Å². The summed E-state index contributed by atoms with van der Waals surface area (Å²) >= 11 is 0. The number of carbonyl (C=O) groups excluding carboxylic acids is 1. The monoisotopic (exact) mass is 243 g/mol. The number of carbonyl (C=O) groups is 1. The van der Waals surface area contributed by atoms with E-state index in [4.69, 9.17) is 0 Å². The number of benzene rings is 1. The summed E-state index contributed by atoms with van der Waals surface area (Å²) in [7, 11) is 1.09. The van der Waals surface area contributed by atoms with Gasteiger partial charge in [0.05, 0.1) is 18.1 Å². The number of hydrogen-bond acceptors (Lipinski definition) is 5. The Balaban J connectivity index is 2.86. The predicted molar refractivity (Wildman–Crippen MR) is 54.8 cm³/mol. The van der Waals surface area contributed by atoms with Crippen molar-refractivity contribution < 1.29 is 24.0 Å². The minimum Gasteiger partial charge on any atom is -0.467 e. The van der Waals surface area contributed by atoms with E-state index in [0.717, 1.165) is 25.3 Å². The van der Waals surface area contributed by atoms with Crippen LogP contribution in [0.3, 0.4) is 0 Å². The molecule has 1 aromatic rings. The second kappa shape index (κ2) is 5.35. The van der Waals surface area contributed by atoms with Gasteiger partial charge in [-0.25, -0.2) is 9.18 Å². The van der Waals surface area contributed by atoms with E-state index in [0.29, 0.717) is 0 Å². The quantitative estimate of drug-likeness (QED) is 0.480. The number of nitro groups is 1. The molecule has 0 saturated carbocycles. The van der Waals surface area contributed by atoms with Gasteiger partial charge < -0.3 is 9.84 Å². The van der Waals surface area contributed by atoms with Crippen molar-refractivity contribution in [3.05, 3.63) is 39.7 Å². The molecule has 1 aromatic carbocycles. The number of non-ortho nitro benzene ring substituents is 1. The maximum absolute atomic E-state index is 13.4. The van der Waals surface area contributed by atoms with E-state index in [9.17, 15) is 24.4 Å². The first kappa shape index (κ1) is 13.0. The van der Waals surface area contributed by atoms with Gasteiger partial charge in [-0.15, -0.1) is 0 Å². The van der Waals surface area contributed by atoms with Crippen molar-refractivity contribution in [2.75, 3.05) is 7.11 Å². The highest BCUT2D eigenvalue weighted by atomic mass is 19.1. The molecule has 0 heterocycles. The summed E-state index contributed by atoms with van der Waals surface area (Å²) in [5.74, 6) is -1.73. The number of aliphatic hydroxyl groups excluding tert-OH is 1. The summed E-state index contributed by atoms with van der Waals surface area (Å²) in [5, 5.41) is 19.7. The molecule has 0 aliphatic heterocycles. The third-order valence-corrected chi connectivity index (χ3v) is 2.13. The molecule has 1 atom stereocenters. The van der Waals surface area contributed by atoms with Crippen LogP contribution in [-0.2, 0) is 16.0 Å². The average molecular weight is 243 g/mol. The van der Waals surface area contributed by atoms with Crippen LogP contribution in [0, 0.1) is 15.9 Å². The number of ether oxygens (including phenoxy) is 1. The van der Waals surface area contributed by atoms with Crippen LogP contribution < -0.4 is 0 Å². The lowest BCUT2D eigenvalue weighted by molar-refractivity contribution is -0.385. The average Bonchev–Trinajstić information content (AvgIpc) is 2.30. The van der Waals surface area contributed by atoms with Gasteiger partial charge in [0.2, 0.25) is 0 Å². The van der Waals surface area contributed by atoms with E-state index < -0.39 is 22.8 Å². The molecular formula is C10H10FNO5. The van der Waals surface area contributed by atoms with Crippen molar-refractivity contribution in [2.45, 2.75) is 12.5 Å². The van der Waals surface area contributed by atoms with Gasteiger partial charge in [0.1, 0.15) is 5.82 Å². The Hall–Kier alpha value is -2.02. The molecule has 0 radical (unpaired) electrons. The van der Waals surface area contributed by atoms with Crippen LogP contribution in [-0.4, -0.2) is 29.2 Å². The summed E-state index contributed by atoms with van der Waals surface area (Å²) in [5.41, 5.74) is -0.382. The normalized spacial score (nSPS) is 11.9. The standard InChI is InChI=1S/C10H10FNO5/c1-17-10(14)9(13)4-6-2-3-7(12(15)16)5-8(6)11/h2-3,5,9,13H,4H2,1H3. The lowest BCUT2D eigenvalue weighted by atomic mass is 10.1. The molecule has 1 unspecified atom stereocenters. The van der Waals surface area contributed by atoms with Crippen LogP contribution in [0.25, 0.3) is 0 Å². The molecule has 0 saturated heterocycles. The molecule has 6 nitrogen and oxygen atoms in total. The third kappa shape index (κ3) is 3.22. The lowest BCUT2D eigenvalue weighted by Gasteiger charge is -2.08.